The zero-order chi connectivity index (χ0) is 15.9. The van der Waals surface area contributed by atoms with Crippen LogP contribution in [0.25, 0.3) is 0 Å². The molecule has 8 heteroatoms. The minimum absolute atomic E-state index is 0.0474. The first-order valence-electron chi connectivity index (χ1n) is 6.85. The van der Waals surface area contributed by atoms with E-state index in [2.05, 4.69) is 31.8 Å². The average Bonchev–Trinajstić information content (AvgIpc) is 3.01. The van der Waals surface area contributed by atoms with Gasteiger partial charge in [0.05, 0.1) is 19.4 Å². The van der Waals surface area contributed by atoms with Gasteiger partial charge in [-0.2, -0.15) is 5.10 Å². The Labute approximate surface area is 143 Å². The van der Waals surface area contributed by atoms with E-state index in [0.717, 1.165) is 23.9 Å². The van der Waals surface area contributed by atoms with Crippen LogP contribution in [0.4, 0.5) is 0 Å². The van der Waals surface area contributed by atoms with Crippen molar-refractivity contribution in [2.24, 2.45) is 5.10 Å². The SMILES string of the molecule is COc1cc(Br)c(/C=N\NC(=S)NC[C@H]2CCCO2)cc1O. The molecule has 0 amide bonds. The van der Waals surface area contributed by atoms with Crippen LogP contribution in [0.1, 0.15) is 18.4 Å². The van der Waals surface area contributed by atoms with Gasteiger partial charge in [-0.3, -0.25) is 5.43 Å². The minimum atomic E-state index is 0.0474. The number of halogens is 1. The minimum Gasteiger partial charge on any atom is -0.504 e. The Morgan fingerprint density at radius 3 is 3.14 bits per heavy atom. The summed E-state index contributed by atoms with van der Waals surface area (Å²) in [5, 5.41) is 17.3. The van der Waals surface area contributed by atoms with E-state index in [-0.39, 0.29) is 11.9 Å². The zero-order valence-electron chi connectivity index (χ0n) is 12.1. The summed E-state index contributed by atoms with van der Waals surface area (Å²) in [6.07, 6.45) is 3.93. The molecule has 0 spiro atoms. The third-order valence-corrected chi connectivity index (χ3v) is 4.10. The van der Waals surface area contributed by atoms with Gasteiger partial charge in [-0.25, -0.2) is 0 Å². The maximum atomic E-state index is 9.75. The molecule has 1 aliphatic heterocycles. The number of aromatic hydroxyl groups is 1. The van der Waals surface area contributed by atoms with Crippen molar-refractivity contribution < 1.29 is 14.6 Å². The predicted molar refractivity (Wildman–Crippen MR) is 92.7 cm³/mol. The van der Waals surface area contributed by atoms with Gasteiger partial charge in [-0.05, 0) is 53.1 Å². The lowest BCUT2D eigenvalue weighted by atomic mass is 10.2. The first-order valence-corrected chi connectivity index (χ1v) is 8.05. The van der Waals surface area contributed by atoms with Crippen molar-refractivity contribution in [3.8, 4) is 11.5 Å². The lowest BCUT2D eigenvalue weighted by Gasteiger charge is -2.11. The van der Waals surface area contributed by atoms with E-state index in [1.165, 1.54) is 7.11 Å². The van der Waals surface area contributed by atoms with Gasteiger partial charge < -0.3 is 19.9 Å². The van der Waals surface area contributed by atoms with E-state index >= 15 is 0 Å². The predicted octanol–water partition coefficient (Wildman–Crippen LogP) is 2.14. The molecule has 3 N–H and O–H groups in total. The molecule has 0 radical (unpaired) electrons. The van der Waals surface area contributed by atoms with Crippen LogP contribution >= 0.6 is 28.1 Å². The second-order valence-corrected chi connectivity index (χ2v) is 6.02. The van der Waals surface area contributed by atoms with Crippen LogP contribution in [-0.2, 0) is 4.74 Å². The van der Waals surface area contributed by atoms with Gasteiger partial charge >= 0.3 is 0 Å². The number of hydrogen-bond donors (Lipinski definition) is 3. The van der Waals surface area contributed by atoms with Gasteiger partial charge in [0.2, 0.25) is 0 Å². The molecule has 0 aliphatic carbocycles. The highest BCUT2D eigenvalue weighted by Crippen LogP contribution is 2.31. The second-order valence-electron chi connectivity index (χ2n) is 4.76. The number of methoxy groups -OCH3 is 1. The highest BCUT2D eigenvalue weighted by atomic mass is 79.9. The number of rotatable bonds is 5. The van der Waals surface area contributed by atoms with Crippen LogP contribution in [0.15, 0.2) is 21.7 Å². The van der Waals surface area contributed by atoms with Crippen LogP contribution in [0, 0.1) is 0 Å². The number of nitrogens with one attached hydrogen (secondary N) is 2. The molecule has 120 valence electrons. The molecule has 0 bridgehead atoms. The first kappa shape index (κ1) is 17.0. The fourth-order valence-corrected chi connectivity index (χ4v) is 2.59. The fraction of sp³-hybridized carbons (Fsp3) is 0.429. The van der Waals surface area contributed by atoms with Gasteiger partial charge in [0.15, 0.2) is 16.6 Å². The fourth-order valence-electron chi connectivity index (χ4n) is 2.03. The summed E-state index contributed by atoms with van der Waals surface area (Å²) in [7, 11) is 1.50. The number of nitrogens with zero attached hydrogens (tertiary/aromatic N) is 1. The second kappa shape index (κ2) is 8.30. The molecular formula is C14H18BrN3O3S. The van der Waals surface area contributed by atoms with Crippen molar-refractivity contribution in [1.82, 2.24) is 10.7 Å². The Balaban J connectivity index is 1.83. The van der Waals surface area contributed by atoms with Crippen LogP contribution in [0.2, 0.25) is 0 Å². The molecule has 0 unspecified atom stereocenters. The molecule has 22 heavy (non-hydrogen) atoms. The summed E-state index contributed by atoms with van der Waals surface area (Å²) in [4.78, 5) is 0. The Bertz CT molecular complexity index is 563. The molecule has 1 fully saturated rings. The molecule has 0 aromatic heterocycles. The van der Waals surface area contributed by atoms with Gasteiger partial charge in [-0.15, -0.1) is 0 Å². The van der Waals surface area contributed by atoms with E-state index in [1.807, 2.05) is 0 Å². The number of hydrazone groups is 1. The molecule has 1 atom stereocenters. The number of phenols is 1. The van der Waals surface area contributed by atoms with E-state index < -0.39 is 0 Å². The van der Waals surface area contributed by atoms with Crippen LogP contribution in [0.3, 0.4) is 0 Å². The molecule has 0 saturated carbocycles. The summed E-state index contributed by atoms with van der Waals surface area (Å²) in [5.41, 5.74) is 3.43. The quantitative estimate of drug-likeness (QED) is 0.408. The molecule has 1 aromatic carbocycles. The van der Waals surface area contributed by atoms with Gasteiger partial charge in [-0.1, -0.05) is 0 Å². The van der Waals surface area contributed by atoms with Crippen molar-refractivity contribution in [3.63, 3.8) is 0 Å². The summed E-state index contributed by atoms with van der Waals surface area (Å²) in [6.45, 7) is 1.49. The number of ether oxygens (including phenoxy) is 2. The van der Waals surface area contributed by atoms with Crippen molar-refractivity contribution >= 4 is 39.5 Å². The van der Waals surface area contributed by atoms with Crippen LogP contribution < -0.4 is 15.5 Å². The molecule has 2 rings (SSSR count). The highest BCUT2D eigenvalue weighted by molar-refractivity contribution is 9.10. The number of phenolic OH excluding ortho intramolecular Hbond substituents is 1. The van der Waals surface area contributed by atoms with Gasteiger partial charge in [0.25, 0.3) is 0 Å². The molecule has 1 aliphatic rings. The Kier molecular flexibility index (Phi) is 6.41. The molecule has 1 aromatic rings. The summed E-state index contributed by atoms with van der Waals surface area (Å²) >= 11 is 8.52. The largest absolute Gasteiger partial charge is 0.504 e. The third-order valence-electron chi connectivity index (χ3n) is 3.18. The van der Waals surface area contributed by atoms with Crippen molar-refractivity contribution in [1.29, 1.82) is 0 Å². The average molecular weight is 388 g/mol. The Hall–Kier alpha value is -1.38. The van der Waals surface area contributed by atoms with E-state index in [0.29, 0.717) is 23.0 Å². The van der Waals surface area contributed by atoms with E-state index in [4.69, 9.17) is 21.7 Å². The van der Waals surface area contributed by atoms with Crippen molar-refractivity contribution in [2.75, 3.05) is 20.3 Å². The van der Waals surface area contributed by atoms with Gasteiger partial charge in [0.1, 0.15) is 0 Å². The van der Waals surface area contributed by atoms with Crippen molar-refractivity contribution in [2.45, 2.75) is 18.9 Å². The maximum absolute atomic E-state index is 9.75. The smallest absolute Gasteiger partial charge is 0.187 e. The lowest BCUT2D eigenvalue weighted by molar-refractivity contribution is 0.114. The number of thiocarbonyl (C=S) groups is 1. The number of hydrogen-bond acceptors (Lipinski definition) is 5. The van der Waals surface area contributed by atoms with Crippen LogP contribution in [-0.4, -0.2) is 42.8 Å². The molecule has 1 heterocycles. The monoisotopic (exact) mass is 387 g/mol. The molecular weight excluding hydrogens is 370 g/mol. The summed E-state index contributed by atoms with van der Waals surface area (Å²) < 4.78 is 11.3. The van der Waals surface area contributed by atoms with E-state index in [1.54, 1.807) is 18.3 Å². The van der Waals surface area contributed by atoms with Crippen molar-refractivity contribution in [3.05, 3.63) is 22.2 Å². The maximum Gasteiger partial charge on any atom is 0.187 e. The lowest BCUT2D eigenvalue weighted by Crippen LogP contribution is -2.37. The first-order chi connectivity index (χ1) is 10.6. The van der Waals surface area contributed by atoms with E-state index in [9.17, 15) is 5.11 Å². The Morgan fingerprint density at radius 2 is 2.45 bits per heavy atom. The summed E-state index contributed by atoms with van der Waals surface area (Å²) in [6, 6.07) is 3.22. The summed E-state index contributed by atoms with van der Waals surface area (Å²) in [5.74, 6) is 0.442. The standard InChI is InChI=1S/C14H18BrN3O3S/c1-20-13-6-11(15)9(5-12(13)19)7-17-18-14(22)16-8-10-3-2-4-21-10/h5-7,10,19H,2-4,8H2,1H3,(H2,16,18,22)/b17-7-/t10-/m1/s1. The normalized spacial score (nSPS) is 17.6. The zero-order valence-corrected chi connectivity index (χ0v) is 14.5. The molecule has 6 nitrogen and oxygen atoms in total. The van der Waals surface area contributed by atoms with Gasteiger partial charge in [0, 0.05) is 23.2 Å². The third kappa shape index (κ3) is 4.82. The number of benzene rings is 1. The van der Waals surface area contributed by atoms with Crippen LogP contribution in [0.5, 0.6) is 11.5 Å². The Morgan fingerprint density at radius 1 is 1.64 bits per heavy atom. The topological polar surface area (TPSA) is 75.1 Å². The highest BCUT2D eigenvalue weighted by Gasteiger charge is 2.15. The molecule has 1 saturated heterocycles.